The Morgan fingerprint density at radius 1 is 0.321 bits per heavy atom. The maximum Gasteiger partial charge on any atom is 0.326 e. The summed E-state index contributed by atoms with van der Waals surface area (Å²) in [5.74, 6) is 1.37. The molecule has 0 saturated carbocycles. The van der Waals surface area contributed by atoms with Crippen molar-refractivity contribution < 1.29 is 4.40 Å². The van der Waals surface area contributed by atoms with Gasteiger partial charge in [0.25, 0.3) is 11.5 Å². The molecule has 12 rings (SSSR count). The summed E-state index contributed by atoms with van der Waals surface area (Å²) in [6.45, 7) is 0. The number of aromatic nitrogens is 5. The number of para-hydroxylation sites is 1. The lowest BCUT2D eigenvalue weighted by atomic mass is 9.93. The van der Waals surface area contributed by atoms with E-state index in [4.69, 9.17) is 19.9 Å². The van der Waals surface area contributed by atoms with Crippen molar-refractivity contribution in [2.45, 2.75) is 0 Å². The molecule has 0 bridgehead atoms. The SMILES string of the molecule is c1ccc(-c2nc(-c3ccc4ccc5ccc(-c6ccc7c8ccccc8c8ccccc8c7c6)nc5c4n3)nc3c4ccccc4c4ccccc4[n+]23)cc1. The maximum atomic E-state index is 5.34. The van der Waals surface area contributed by atoms with Gasteiger partial charge >= 0.3 is 5.82 Å². The van der Waals surface area contributed by atoms with Gasteiger partial charge in [-0.1, -0.05) is 149 Å². The third-order valence-electron chi connectivity index (χ3n) is 11.3. The standard InChI is InChI=1S/C51H30N5/c1-2-12-33(13-3-1)50-54-49(55-51-42-20-9-8-18-39(42)41-19-10-11-21-46(41)56(50)51)45-29-26-32-23-22-31-25-28-44(52-47(31)48(32)53-45)34-24-27-40-37-16-5-4-14-35(37)36-15-6-7-17-38(36)43(40)30-34/h1-30H/q+1. The highest BCUT2D eigenvalue weighted by Gasteiger charge is 2.25. The largest absolute Gasteiger partial charge is 0.326 e. The molecule has 0 aliphatic carbocycles. The molecular formula is C51H30N5+. The Morgan fingerprint density at radius 3 is 1.50 bits per heavy atom. The molecule has 0 amide bonds. The van der Waals surface area contributed by atoms with E-state index in [9.17, 15) is 0 Å². The molecule has 56 heavy (non-hydrogen) atoms. The smallest absolute Gasteiger partial charge is 0.245 e. The van der Waals surface area contributed by atoms with Gasteiger partial charge in [-0.15, -0.1) is 0 Å². The first kappa shape index (κ1) is 30.8. The first-order valence-electron chi connectivity index (χ1n) is 18.9. The summed E-state index contributed by atoms with van der Waals surface area (Å²) in [5, 5.41) is 12.9. The highest BCUT2D eigenvalue weighted by molar-refractivity contribution is 6.25. The predicted octanol–water partition coefficient (Wildman–Crippen LogP) is 12.1. The Labute approximate surface area is 320 Å². The fraction of sp³-hybridized carbons (Fsp3) is 0. The van der Waals surface area contributed by atoms with E-state index in [-0.39, 0.29) is 0 Å². The summed E-state index contributed by atoms with van der Waals surface area (Å²) in [6.07, 6.45) is 0. The molecule has 0 N–H and O–H groups in total. The van der Waals surface area contributed by atoms with Crippen LogP contribution in [-0.4, -0.2) is 19.9 Å². The van der Waals surface area contributed by atoms with Crippen LogP contribution in [0.5, 0.6) is 0 Å². The van der Waals surface area contributed by atoms with Crippen LogP contribution >= 0.6 is 0 Å². The van der Waals surface area contributed by atoms with Gasteiger partial charge in [-0.05, 0) is 80.2 Å². The molecule has 8 aromatic carbocycles. The summed E-state index contributed by atoms with van der Waals surface area (Å²) >= 11 is 0. The zero-order valence-electron chi connectivity index (χ0n) is 30.1. The van der Waals surface area contributed by atoms with Crippen LogP contribution in [0.4, 0.5) is 0 Å². The Hall–Kier alpha value is -7.63. The van der Waals surface area contributed by atoms with Crippen LogP contribution in [-0.2, 0) is 0 Å². The van der Waals surface area contributed by atoms with Crippen LogP contribution in [0.15, 0.2) is 182 Å². The molecule has 5 heteroatoms. The van der Waals surface area contributed by atoms with Crippen LogP contribution in [0.2, 0.25) is 0 Å². The summed E-state index contributed by atoms with van der Waals surface area (Å²) in [7, 11) is 0. The minimum atomic E-state index is 0.563. The van der Waals surface area contributed by atoms with Crippen molar-refractivity contribution in [1.82, 2.24) is 19.9 Å². The highest BCUT2D eigenvalue weighted by atomic mass is 15.1. The van der Waals surface area contributed by atoms with Gasteiger partial charge in [0.15, 0.2) is 0 Å². The molecule has 0 fully saturated rings. The number of fused-ring (bicyclic) bond motifs is 15. The Kier molecular flexibility index (Phi) is 6.56. The van der Waals surface area contributed by atoms with Crippen LogP contribution in [0.3, 0.4) is 0 Å². The van der Waals surface area contributed by atoms with Gasteiger partial charge in [-0.25, -0.2) is 9.97 Å². The van der Waals surface area contributed by atoms with Gasteiger partial charge in [0.2, 0.25) is 0 Å². The molecule has 4 heterocycles. The summed E-state index contributed by atoms with van der Waals surface area (Å²) in [4.78, 5) is 21.3. The van der Waals surface area contributed by atoms with E-state index in [1.807, 2.05) is 12.1 Å². The lowest BCUT2D eigenvalue weighted by Crippen LogP contribution is -2.30. The van der Waals surface area contributed by atoms with Crippen LogP contribution < -0.4 is 4.40 Å². The van der Waals surface area contributed by atoms with E-state index in [1.165, 1.54) is 32.3 Å². The molecule has 0 saturated heterocycles. The number of hydrogen-bond acceptors (Lipinski definition) is 4. The van der Waals surface area contributed by atoms with Crippen LogP contribution in [0, 0.1) is 0 Å². The first-order valence-corrected chi connectivity index (χ1v) is 18.9. The molecule has 258 valence electrons. The molecule has 5 nitrogen and oxygen atoms in total. The van der Waals surface area contributed by atoms with E-state index in [2.05, 4.69) is 174 Å². The molecule has 0 aliphatic rings. The third kappa shape index (κ3) is 4.58. The second-order valence-electron chi connectivity index (χ2n) is 14.4. The Bertz CT molecular complexity index is 3560. The average Bonchev–Trinajstić information content (AvgIpc) is 3.28. The van der Waals surface area contributed by atoms with E-state index >= 15 is 0 Å². The fourth-order valence-corrected chi connectivity index (χ4v) is 8.66. The number of hydrogen-bond donors (Lipinski definition) is 0. The summed E-state index contributed by atoms with van der Waals surface area (Å²) < 4.78 is 2.19. The quantitative estimate of drug-likeness (QED) is 0.135. The average molecular weight is 713 g/mol. The van der Waals surface area contributed by atoms with Gasteiger partial charge in [-0.3, -0.25) is 0 Å². The Balaban J connectivity index is 1.08. The van der Waals surface area contributed by atoms with Crippen molar-refractivity contribution in [1.29, 1.82) is 0 Å². The van der Waals surface area contributed by atoms with E-state index in [0.29, 0.717) is 11.5 Å². The van der Waals surface area contributed by atoms with Crippen LogP contribution in [0.25, 0.3) is 116 Å². The molecule has 12 aromatic rings. The fourth-order valence-electron chi connectivity index (χ4n) is 8.66. The molecule has 0 radical (unpaired) electrons. The van der Waals surface area contributed by atoms with E-state index in [1.54, 1.807) is 0 Å². The lowest BCUT2D eigenvalue weighted by Gasteiger charge is -2.12. The van der Waals surface area contributed by atoms with Crippen LogP contribution in [0.1, 0.15) is 0 Å². The zero-order valence-corrected chi connectivity index (χ0v) is 30.1. The second-order valence-corrected chi connectivity index (χ2v) is 14.4. The maximum absolute atomic E-state index is 5.34. The van der Waals surface area contributed by atoms with Gasteiger partial charge < -0.3 is 0 Å². The van der Waals surface area contributed by atoms with Crippen molar-refractivity contribution >= 4 is 81.4 Å². The van der Waals surface area contributed by atoms with Gasteiger partial charge in [0, 0.05) is 21.7 Å². The highest BCUT2D eigenvalue weighted by Crippen LogP contribution is 2.38. The van der Waals surface area contributed by atoms with Crippen molar-refractivity contribution in [2.24, 2.45) is 0 Å². The van der Waals surface area contributed by atoms with Crippen molar-refractivity contribution in [3.63, 3.8) is 0 Å². The predicted molar refractivity (Wildman–Crippen MR) is 230 cm³/mol. The van der Waals surface area contributed by atoms with Crippen molar-refractivity contribution in [2.75, 3.05) is 0 Å². The minimum absolute atomic E-state index is 0.563. The lowest BCUT2D eigenvalue weighted by molar-refractivity contribution is -0.474. The third-order valence-corrected chi connectivity index (χ3v) is 11.3. The number of rotatable bonds is 3. The molecule has 0 spiro atoms. The minimum Gasteiger partial charge on any atom is -0.245 e. The Morgan fingerprint density at radius 2 is 0.821 bits per heavy atom. The molecule has 0 atom stereocenters. The molecule has 0 unspecified atom stereocenters. The van der Waals surface area contributed by atoms with Crippen molar-refractivity contribution in [3.05, 3.63) is 182 Å². The number of benzene rings is 8. The van der Waals surface area contributed by atoms with Gasteiger partial charge in [0.1, 0.15) is 11.2 Å². The summed E-state index contributed by atoms with van der Waals surface area (Å²) in [6, 6.07) is 64.1. The second kappa shape index (κ2) is 11.9. The molecular weight excluding hydrogens is 683 g/mol. The number of nitrogens with zero attached hydrogens (tertiary/aromatic N) is 5. The summed E-state index contributed by atoms with van der Waals surface area (Å²) in [5.41, 5.74) is 7.21. The van der Waals surface area contributed by atoms with Gasteiger partial charge in [0.05, 0.1) is 27.7 Å². The normalized spacial score (nSPS) is 11.9. The topological polar surface area (TPSA) is 55.7 Å². The molecule has 0 aliphatic heterocycles. The monoisotopic (exact) mass is 712 g/mol. The zero-order chi connectivity index (χ0) is 36.7. The van der Waals surface area contributed by atoms with E-state index < -0.39 is 0 Å². The van der Waals surface area contributed by atoms with E-state index in [0.717, 1.165) is 71.8 Å². The van der Waals surface area contributed by atoms with Crippen molar-refractivity contribution in [3.8, 4) is 34.2 Å². The first-order chi connectivity index (χ1) is 27.8. The van der Waals surface area contributed by atoms with Gasteiger partial charge in [-0.2, -0.15) is 4.40 Å². The number of pyridine rings is 3. The molecule has 4 aromatic heterocycles.